The molecule has 0 radical (unpaired) electrons. The summed E-state index contributed by atoms with van der Waals surface area (Å²) in [6, 6.07) is 7.72. The number of aryl methyl sites for hydroxylation is 1. The Morgan fingerprint density at radius 3 is 2.36 bits per heavy atom. The largest absolute Gasteiger partial charge is 0.299 e. The first-order valence-corrected chi connectivity index (χ1v) is 4.92. The van der Waals surface area contributed by atoms with Crippen LogP contribution in [0, 0.1) is 6.92 Å². The van der Waals surface area contributed by atoms with Gasteiger partial charge in [-0.3, -0.25) is 9.69 Å². The Bertz CT molecular complexity index is 303. The fourth-order valence-corrected chi connectivity index (χ4v) is 1.19. The zero-order valence-electron chi connectivity index (χ0n) is 9.08. The van der Waals surface area contributed by atoms with Crippen LogP contribution in [0.15, 0.2) is 24.3 Å². The highest BCUT2D eigenvalue weighted by Gasteiger charge is 2.07. The number of carbonyl (C=O) groups is 1. The summed E-state index contributed by atoms with van der Waals surface area (Å²) in [5, 5.41) is 0. The lowest BCUT2D eigenvalue weighted by atomic mass is 10.1. The molecule has 0 N–H and O–H groups in total. The summed E-state index contributed by atoms with van der Waals surface area (Å²) in [7, 11) is 1.95. The normalized spacial score (nSPS) is 10.6. The van der Waals surface area contributed by atoms with Crippen molar-refractivity contribution in [2.24, 2.45) is 0 Å². The van der Waals surface area contributed by atoms with Crippen molar-refractivity contribution in [1.29, 1.82) is 0 Å². The summed E-state index contributed by atoms with van der Waals surface area (Å²) in [5.41, 5.74) is 1.99. The molecule has 0 aromatic heterocycles. The van der Waals surface area contributed by atoms with Crippen LogP contribution >= 0.6 is 0 Å². The standard InChI is InChI=1S/C12H17NO/c1-4-13(3)9-12(14)11-7-5-10(2)6-8-11/h5-8H,4,9H2,1-3H3. The van der Waals surface area contributed by atoms with Gasteiger partial charge in [0.2, 0.25) is 0 Å². The molecule has 14 heavy (non-hydrogen) atoms. The Kier molecular flexibility index (Phi) is 3.84. The van der Waals surface area contributed by atoms with Crippen molar-refractivity contribution in [1.82, 2.24) is 4.90 Å². The summed E-state index contributed by atoms with van der Waals surface area (Å²) in [6.07, 6.45) is 0. The van der Waals surface area contributed by atoms with Crippen molar-refractivity contribution in [3.8, 4) is 0 Å². The van der Waals surface area contributed by atoms with Crippen LogP contribution in [0.5, 0.6) is 0 Å². The van der Waals surface area contributed by atoms with E-state index >= 15 is 0 Å². The van der Waals surface area contributed by atoms with E-state index < -0.39 is 0 Å². The molecule has 0 saturated carbocycles. The van der Waals surface area contributed by atoms with E-state index in [1.807, 2.05) is 50.1 Å². The van der Waals surface area contributed by atoms with Gasteiger partial charge in [0.25, 0.3) is 0 Å². The molecule has 0 unspecified atom stereocenters. The molecule has 0 saturated heterocycles. The van der Waals surface area contributed by atoms with E-state index in [1.54, 1.807) is 0 Å². The monoisotopic (exact) mass is 191 g/mol. The Morgan fingerprint density at radius 2 is 1.86 bits per heavy atom. The molecule has 2 heteroatoms. The third-order valence-electron chi connectivity index (χ3n) is 2.33. The van der Waals surface area contributed by atoms with Crippen molar-refractivity contribution < 1.29 is 4.79 Å². The van der Waals surface area contributed by atoms with E-state index in [0.717, 1.165) is 12.1 Å². The minimum absolute atomic E-state index is 0.189. The number of carbonyl (C=O) groups excluding carboxylic acids is 1. The van der Waals surface area contributed by atoms with Gasteiger partial charge in [0.05, 0.1) is 6.54 Å². The fraction of sp³-hybridized carbons (Fsp3) is 0.417. The lowest BCUT2D eigenvalue weighted by Gasteiger charge is -2.12. The van der Waals surface area contributed by atoms with Gasteiger partial charge < -0.3 is 0 Å². The van der Waals surface area contributed by atoms with Gasteiger partial charge in [-0.05, 0) is 20.5 Å². The summed E-state index contributed by atoms with van der Waals surface area (Å²) in [5.74, 6) is 0.189. The van der Waals surface area contributed by atoms with Crippen molar-refractivity contribution in [2.75, 3.05) is 20.1 Å². The minimum atomic E-state index is 0.189. The zero-order valence-corrected chi connectivity index (χ0v) is 9.08. The summed E-state index contributed by atoms with van der Waals surface area (Å²) in [6.45, 7) is 5.46. The van der Waals surface area contributed by atoms with Crippen molar-refractivity contribution in [3.05, 3.63) is 35.4 Å². The van der Waals surface area contributed by atoms with Gasteiger partial charge in [0.1, 0.15) is 0 Å². The van der Waals surface area contributed by atoms with Gasteiger partial charge in [0.15, 0.2) is 5.78 Å². The maximum Gasteiger partial charge on any atom is 0.176 e. The van der Waals surface area contributed by atoms with E-state index in [0.29, 0.717) is 6.54 Å². The molecule has 0 aliphatic heterocycles. The SMILES string of the molecule is CCN(C)CC(=O)c1ccc(C)cc1. The molecule has 2 nitrogen and oxygen atoms in total. The third-order valence-corrected chi connectivity index (χ3v) is 2.33. The van der Waals surface area contributed by atoms with Crippen LogP contribution in [0.2, 0.25) is 0 Å². The van der Waals surface area contributed by atoms with Gasteiger partial charge in [-0.1, -0.05) is 36.8 Å². The predicted molar refractivity (Wildman–Crippen MR) is 58.7 cm³/mol. The number of rotatable bonds is 4. The first-order valence-electron chi connectivity index (χ1n) is 4.92. The Morgan fingerprint density at radius 1 is 1.29 bits per heavy atom. The average molecular weight is 191 g/mol. The number of hydrogen-bond acceptors (Lipinski definition) is 2. The molecule has 0 amide bonds. The molecule has 0 fully saturated rings. The predicted octanol–water partition coefficient (Wildman–Crippen LogP) is 2.13. The molecule has 0 heterocycles. The summed E-state index contributed by atoms with van der Waals surface area (Å²) in [4.78, 5) is 13.7. The molecule has 0 spiro atoms. The van der Waals surface area contributed by atoms with Gasteiger partial charge in [-0.15, -0.1) is 0 Å². The van der Waals surface area contributed by atoms with Crippen LogP contribution in [0.3, 0.4) is 0 Å². The van der Waals surface area contributed by atoms with Crippen molar-refractivity contribution >= 4 is 5.78 Å². The molecule has 0 aliphatic carbocycles. The highest BCUT2D eigenvalue weighted by Crippen LogP contribution is 2.04. The van der Waals surface area contributed by atoms with Gasteiger partial charge >= 0.3 is 0 Å². The Hall–Kier alpha value is -1.15. The zero-order chi connectivity index (χ0) is 10.6. The van der Waals surface area contributed by atoms with Crippen LogP contribution in [0.1, 0.15) is 22.8 Å². The molecule has 1 aromatic rings. The van der Waals surface area contributed by atoms with E-state index in [2.05, 4.69) is 0 Å². The number of nitrogens with zero attached hydrogens (tertiary/aromatic N) is 1. The van der Waals surface area contributed by atoms with Gasteiger partial charge in [0, 0.05) is 5.56 Å². The van der Waals surface area contributed by atoms with Gasteiger partial charge in [-0.25, -0.2) is 0 Å². The molecular formula is C12H17NO. The number of hydrogen-bond donors (Lipinski definition) is 0. The minimum Gasteiger partial charge on any atom is -0.299 e. The van der Waals surface area contributed by atoms with E-state index in [1.165, 1.54) is 5.56 Å². The molecule has 1 aromatic carbocycles. The highest BCUT2D eigenvalue weighted by molar-refractivity contribution is 5.97. The number of benzene rings is 1. The summed E-state index contributed by atoms with van der Waals surface area (Å²) >= 11 is 0. The third kappa shape index (κ3) is 2.96. The fourth-order valence-electron chi connectivity index (χ4n) is 1.19. The Balaban J connectivity index is 2.65. The maximum atomic E-state index is 11.7. The number of Topliss-reactive ketones (excluding diaryl/α,β-unsaturated/α-hetero) is 1. The Labute approximate surface area is 85.5 Å². The van der Waals surface area contributed by atoms with Crippen molar-refractivity contribution in [3.63, 3.8) is 0 Å². The lowest BCUT2D eigenvalue weighted by Crippen LogP contribution is -2.25. The molecule has 76 valence electrons. The number of likely N-dealkylation sites (N-methyl/N-ethyl adjacent to an activating group) is 1. The second kappa shape index (κ2) is 4.91. The molecule has 1 rings (SSSR count). The van der Waals surface area contributed by atoms with Gasteiger partial charge in [-0.2, -0.15) is 0 Å². The van der Waals surface area contributed by atoms with Crippen LogP contribution in [0.4, 0.5) is 0 Å². The second-order valence-electron chi connectivity index (χ2n) is 3.62. The summed E-state index contributed by atoms with van der Waals surface area (Å²) < 4.78 is 0. The van der Waals surface area contributed by atoms with E-state index in [9.17, 15) is 4.79 Å². The molecular weight excluding hydrogens is 174 g/mol. The van der Waals surface area contributed by atoms with Crippen LogP contribution in [0.25, 0.3) is 0 Å². The van der Waals surface area contributed by atoms with E-state index in [4.69, 9.17) is 0 Å². The van der Waals surface area contributed by atoms with Crippen LogP contribution < -0.4 is 0 Å². The quantitative estimate of drug-likeness (QED) is 0.679. The molecule has 0 bridgehead atoms. The average Bonchev–Trinajstić information content (AvgIpc) is 2.18. The lowest BCUT2D eigenvalue weighted by molar-refractivity contribution is 0.0949. The first kappa shape index (κ1) is 10.9. The van der Waals surface area contributed by atoms with E-state index in [-0.39, 0.29) is 5.78 Å². The molecule has 0 aliphatic rings. The van der Waals surface area contributed by atoms with Crippen LogP contribution in [-0.4, -0.2) is 30.8 Å². The van der Waals surface area contributed by atoms with Crippen LogP contribution in [-0.2, 0) is 0 Å². The number of ketones is 1. The smallest absolute Gasteiger partial charge is 0.176 e. The van der Waals surface area contributed by atoms with Crippen molar-refractivity contribution in [2.45, 2.75) is 13.8 Å². The highest BCUT2D eigenvalue weighted by atomic mass is 16.1. The maximum absolute atomic E-state index is 11.7. The molecule has 0 atom stereocenters. The topological polar surface area (TPSA) is 20.3 Å². The first-order chi connectivity index (χ1) is 6.63. The second-order valence-corrected chi connectivity index (χ2v) is 3.62.